The fraction of sp³-hybridized carbons (Fsp3) is 0.464. The Bertz CT molecular complexity index is 1260. The molecule has 1 N–H and O–H groups in total. The van der Waals surface area contributed by atoms with Crippen LogP contribution in [0, 0.1) is 18.8 Å². The van der Waals surface area contributed by atoms with E-state index < -0.39 is 0 Å². The largest absolute Gasteiger partial charge is 0.354 e. The Labute approximate surface area is 207 Å². The lowest BCUT2D eigenvalue weighted by atomic mass is 9.95. The second-order valence-electron chi connectivity index (χ2n) is 10.8. The van der Waals surface area contributed by atoms with E-state index >= 15 is 0 Å². The van der Waals surface area contributed by atoms with E-state index in [0.29, 0.717) is 24.3 Å². The van der Waals surface area contributed by atoms with Crippen molar-refractivity contribution < 1.29 is 9.59 Å². The minimum absolute atomic E-state index is 0.0877. The summed E-state index contributed by atoms with van der Waals surface area (Å²) in [5.41, 5.74) is 6.20. The van der Waals surface area contributed by atoms with Gasteiger partial charge < -0.3 is 19.7 Å². The van der Waals surface area contributed by atoms with Crippen molar-refractivity contribution >= 4 is 22.7 Å². The molecule has 7 heteroatoms. The van der Waals surface area contributed by atoms with Gasteiger partial charge in [0.15, 0.2) is 0 Å². The van der Waals surface area contributed by atoms with Crippen molar-refractivity contribution in [2.24, 2.45) is 11.8 Å². The van der Waals surface area contributed by atoms with Crippen LogP contribution in [0.4, 0.5) is 0 Å². The third-order valence-electron chi connectivity index (χ3n) is 7.43. The van der Waals surface area contributed by atoms with Crippen LogP contribution in [0.3, 0.4) is 0 Å². The minimum Gasteiger partial charge on any atom is -0.354 e. The van der Waals surface area contributed by atoms with Gasteiger partial charge in [0.2, 0.25) is 5.91 Å². The van der Waals surface area contributed by atoms with E-state index in [4.69, 9.17) is 0 Å². The first-order valence-electron chi connectivity index (χ1n) is 12.5. The van der Waals surface area contributed by atoms with Crippen molar-refractivity contribution in [2.45, 2.75) is 26.7 Å². The fourth-order valence-corrected chi connectivity index (χ4v) is 5.79. The molecule has 5 rings (SSSR count). The highest BCUT2D eigenvalue weighted by Gasteiger charge is 2.43. The van der Waals surface area contributed by atoms with E-state index in [0.717, 1.165) is 59.6 Å². The highest BCUT2D eigenvalue weighted by Crippen LogP contribution is 2.37. The number of aromatic nitrogens is 2. The van der Waals surface area contributed by atoms with E-state index in [9.17, 15) is 9.59 Å². The zero-order chi connectivity index (χ0) is 24.9. The third kappa shape index (κ3) is 4.45. The van der Waals surface area contributed by atoms with Gasteiger partial charge in [0, 0.05) is 71.9 Å². The van der Waals surface area contributed by atoms with Crippen LogP contribution in [-0.2, 0) is 4.79 Å². The summed E-state index contributed by atoms with van der Waals surface area (Å²) in [6.45, 7) is 9.78. The van der Waals surface area contributed by atoms with E-state index in [-0.39, 0.29) is 11.8 Å². The molecular formula is C28H35N5O2. The number of hydrogen-bond donors (Lipinski definition) is 1. The maximum Gasteiger partial charge on any atom is 0.253 e. The van der Waals surface area contributed by atoms with Crippen molar-refractivity contribution in [3.8, 4) is 11.3 Å². The monoisotopic (exact) mass is 473 g/mol. The Balaban J connectivity index is 1.37. The molecule has 3 aromatic rings. The number of amides is 2. The lowest BCUT2D eigenvalue weighted by Crippen LogP contribution is -2.39. The molecule has 4 heterocycles. The standard InChI is InChI=1S/C28H35N5O2/c1-17(2)26-23-11-20(6-7-24(23)30-27(26)19-8-9-29-18(3)10-19)28(35)33-14-21-12-32(13-22(21)15-33)25(34)16-31(4)5/h6-11,17,21-22,30H,12-16H2,1-5H3. The first-order valence-corrected chi connectivity index (χ1v) is 12.5. The first kappa shape index (κ1) is 23.5. The van der Waals surface area contributed by atoms with E-state index in [1.165, 1.54) is 5.56 Å². The highest BCUT2D eigenvalue weighted by atomic mass is 16.2. The number of hydrogen-bond acceptors (Lipinski definition) is 4. The van der Waals surface area contributed by atoms with Gasteiger partial charge in [0.1, 0.15) is 0 Å². The Morgan fingerprint density at radius 2 is 1.74 bits per heavy atom. The number of nitrogens with one attached hydrogen (secondary N) is 1. The van der Waals surface area contributed by atoms with E-state index in [1.54, 1.807) is 0 Å². The molecule has 2 fully saturated rings. The van der Waals surface area contributed by atoms with E-state index in [2.05, 4.69) is 35.9 Å². The van der Waals surface area contributed by atoms with Crippen molar-refractivity contribution in [3.05, 3.63) is 53.3 Å². The predicted octanol–water partition coefficient (Wildman–Crippen LogP) is 3.75. The van der Waals surface area contributed by atoms with Crippen molar-refractivity contribution in [2.75, 3.05) is 46.8 Å². The second kappa shape index (κ2) is 9.11. The number of fused-ring (bicyclic) bond motifs is 2. The quantitative estimate of drug-likeness (QED) is 0.613. The lowest BCUT2D eigenvalue weighted by Gasteiger charge is -2.23. The van der Waals surface area contributed by atoms with Crippen LogP contribution < -0.4 is 0 Å². The molecule has 2 aliphatic heterocycles. The van der Waals surface area contributed by atoms with Crippen molar-refractivity contribution in [3.63, 3.8) is 0 Å². The number of benzene rings is 1. The summed E-state index contributed by atoms with van der Waals surface area (Å²) >= 11 is 0. The highest BCUT2D eigenvalue weighted by molar-refractivity contribution is 6.01. The Kier molecular flexibility index (Phi) is 6.13. The topological polar surface area (TPSA) is 72.5 Å². The number of pyridine rings is 1. The number of rotatable bonds is 5. The minimum atomic E-state index is 0.0877. The van der Waals surface area contributed by atoms with Crippen molar-refractivity contribution in [1.29, 1.82) is 0 Å². The normalized spacial score (nSPS) is 19.9. The van der Waals surface area contributed by atoms with Gasteiger partial charge in [-0.05, 0) is 62.8 Å². The summed E-state index contributed by atoms with van der Waals surface area (Å²) in [6, 6.07) is 10.2. The molecule has 0 radical (unpaired) electrons. The van der Waals surface area contributed by atoms with Crippen LogP contribution in [0.1, 0.15) is 41.4 Å². The lowest BCUT2D eigenvalue weighted by molar-refractivity contribution is -0.131. The van der Waals surface area contributed by atoms with Gasteiger partial charge in [0.25, 0.3) is 5.91 Å². The van der Waals surface area contributed by atoms with Crippen LogP contribution in [0.25, 0.3) is 22.2 Å². The third-order valence-corrected chi connectivity index (χ3v) is 7.43. The molecule has 184 valence electrons. The molecule has 2 aromatic heterocycles. The van der Waals surface area contributed by atoms with Gasteiger partial charge >= 0.3 is 0 Å². The number of H-pyrrole nitrogens is 1. The summed E-state index contributed by atoms with van der Waals surface area (Å²) in [5.74, 6) is 1.31. The molecule has 2 atom stereocenters. The van der Waals surface area contributed by atoms with Gasteiger partial charge in [-0.25, -0.2) is 0 Å². The summed E-state index contributed by atoms with van der Waals surface area (Å²) in [7, 11) is 3.84. The van der Waals surface area contributed by atoms with Crippen LogP contribution in [0.15, 0.2) is 36.5 Å². The molecule has 2 unspecified atom stereocenters. The number of carbonyl (C=O) groups excluding carboxylic acids is 2. The number of aromatic amines is 1. The van der Waals surface area contributed by atoms with Crippen LogP contribution in [0.5, 0.6) is 0 Å². The number of likely N-dealkylation sites (N-methyl/N-ethyl adjacent to an activating group) is 1. The Morgan fingerprint density at radius 3 is 2.37 bits per heavy atom. The predicted molar refractivity (Wildman–Crippen MR) is 138 cm³/mol. The molecule has 0 aliphatic carbocycles. The maximum atomic E-state index is 13.5. The molecule has 2 saturated heterocycles. The number of carbonyl (C=O) groups is 2. The Morgan fingerprint density at radius 1 is 1.06 bits per heavy atom. The smallest absolute Gasteiger partial charge is 0.253 e. The molecule has 2 aliphatic rings. The van der Waals surface area contributed by atoms with Crippen LogP contribution >= 0.6 is 0 Å². The maximum absolute atomic E-state index is 13.5. The first-order chi connectivity index (χ1) is 16.7. The fourth-order valence-electron chi connectivity index (χ4n) is 5.79. The number of aryl methyl sites for hydroxylation is 1. The van der Waals surface area contributed by atoms with Crippen molar-refractivity contribution in [1.82, 2.24) is 24.7 Å². The molecule has 1 aromatic carbocycles. The van der Waals surface area contributed by atoms with Gasteiger partial charge in [-0.2, -0.15) is 0 Å². The number of likely N-dealkylation sites (tertiary alicyclic amines) is 2. The average Bonchev–Trinajstić information content (AvgIpc) is 3.49. The van der Waals surface area contributed by atoms with Gasteiger partial charge in [-0.1, -0.05) is 13.8 Å². The molecular weight excluding hydrogens is 438 g/mol. The van der Waals surface area contributed by atoms with Crippen LogP contribution in [0.2, 0.25) is 0 Å². The Hall–Kier alpha value is -3.19. The summed E-state index contributed by atoms with van der Waals surface area (Å²) in [4.78, 5) is 39.8. The number of nitrogens with zero attached hydrogens (tertiary/aromatic N) is 4. The molecule has 2 amide bonds. The average molecular weight is 474 g/mol. The molecule has 35 heavy (non-hydrogen) atoms. The van der Waals surface area contributed by atoms with E-state index in [1.807, 2.05) is 60.1 Å². The molecule has 0 spiro atoms. The SMILES string of the molecule is Cc1cc(-c2[nH]c3ccc(C(=O)N4CC5CN(C(=O)CN(C)C)CC5C4)cc3c2C(C)C)ccn1. The van der Waals surface area contributed by atoms with Crippen LogP contribution in [-0.4, -0.2) is 83.3 Å². The molecule has 0 bridgehead atoms. The summed E-state index contributed by atoms with van der Waals surface area (Å²) < 4.78 is 0. The zero-order valence-corrected chi connectivity index (χ0v) is 21.3. The summed E-state index contributed by atoms with van der Waals surface area (Å²) in [6.07, 6.45) is 1.84. The molecule has 7 nitrogen and oxygen atoms in total. The van der Waals surface area contributed by atoms with Gasteiger partial charge in [-0.15, -0.1) is 0 Å². The van der Waals surface area contributed by atoms with Gasteiger partial charge in [-0.3, -0.25) is 14.6 Å². The van der Waals surface area contributed by atoms with Gasteiger partial charge in [0.05, 0.1) is 12.2 Å². The zero-order valence-electron chi connectivity index (χ0n) is 21.3. The second-order valence-corrected chi connectivity index (χ2v) is 10.8. The molecule has 0 saturated carbocycles. The summed E-state index contributed by atoms with van der Waals surface area (Å²) in [5, 5.41) is 1.11.